The van der Waals surface area contributed by atoms with Gasteiger partial charge < -0.3 is 0 Å². The summed E-state index contributed by atoms with van der Waals surface area (Å²) in [6.07, 6.45) is 3.61. The maximum absolute atomic E-state index is 11.7. The lowest BCUT2D eigenvalue weighted by molar-refractivity contribution is -0.123. The van der Waals surface area contributed by atoms with Crippen LogP contribution in [0.1, 0.15) is 33.1 Å². The SMILES string of the molecule is CC1(C)[C@H]2C[C@H]3CC(=O)[C@@H]1[C@H]3C2. The highest BCUT2D eigenvalue weighted by Gasteiger charge is 2.63. The van der Waals surface area contributed by atoms with Gasteiger partial charge >= 0.3 is 0 Å². The van der Waals surface area contributed by atoms with E-state index in [0.29, 0.717) is 17.1 Å². The summed E-state index contributed by atoms with van der Waals surface area (Å²) in [6.45, 7) is 4.61. The van der Waals surface area contributed by atoms with Crippen LogP contribution in [-0.4, -0.2) is 5.78 Å². The quantitative estimate of drug-likeness (QED) is 0.536. The molecule has 3 aliphatic rings. The molecule has 0 unspecified atom stereocenters. The predicted molar refractivity (Wildman–Crippen MR) is 46.6 cm³/mol. The van der Waals surface area contributed by atoms with Crippen molar-refractivity contribution < 1.29 is 4.79 Å². The van der Waals surface area contributed by atoms with Crippen LogP contribution in [0.25, 0.3) is 0 Å². The molecule has 0 saturated heterocycles. The molecule has 1 nitrogen and oxygen atoms in total. The lowest BCUT2D eigenvalue weighted by atomic mass is 9.69. The van der Waals surface area contributed by atoms with E-state index in [9.17, 15) is 4.79 Å². The van der Waals surface area contributed by atoms with Crippen molar-refractivity contribution in [3.63, 3.8) is 0 Å². The van der Waals surface area contributed by atoms with E-state index >= 15 is 0 Å². The molecule has 0 aromatic rings. The Balaban J connectivity index is 2.10. The van der Waals surface area contributed by atoms with Crippen LogP contribution in [0.3, 0.4) is 0 Å². The number of hydrogen-bond donors (Lipinski definition) is 0. The molecule has 3 saturated carbocycles. The van der Waals surface area contributed by atoms with Gasteiger partial charge in [-0.15, -0.1) is 0 Å². The highest BCUT2D eigenvalue weighted by atomic mass is 16.1. The minimum atomic E-state index is 0.342. The Morgan fingerprint density at radius 1 is 1.33 bits per heavy atom. The van der Waals surface area contributed by atoms with Gasteiger partial charge in [0, 0.05) is 12.3 Å². The fourth-order valence-electron chi connectivity index (χ4n) is 4.25. The molecule has 0 heterocycles. The second-order valence-corrected chi connectivity index (χ2v) is 5.56. The zero-order valence-corrected chi connectivity index (χ0v) is 7.84. The van der Waals surface area contributed by atoms with Crippen LogP contribution in [0.5, 0.6) is 0 Å². The van der Waals surface area contributed by atoms with Crippen LogP contribution in [0.15, 0.2) is 0 Å². The molecule has 12 heavy (non-hydrogen) atoms. The van der Waals surface area contributed by atoms with Crippen LogP contribution in [0.4, 0.5) is 0 Å². The highest BCUT2D eigenvalue weighted by molar-refractivity contribution is 5.85. The Morgan fingerprint density at radius 3 is 2.67 bits per heavy atom. The van der Waals surface area contributed by atoms with Gasteiger partial charge in [0.15, 0.2) is 0 Å². The van der Waals surface area contributed by atoms with E-state index in [4.69, 9.17) is 0 Å². The number of hydrogen-bond acceptors (Lipinski definition) is 1. The van der Waals surface area contributed by atoms with Gasteiger partial charge in [-0.25, -0.2) is 0 Å². The standard InChI is InChI=1S/C11H16O/c1-11(2)7-3-6-4-9(12)10(11)8(6)5-7/h6-8,10H,3-5H2,1-2H3/t6-,7-,8-,10-/m0/s1. The van der Waals surface area contributed by atoms with Crippen molar-refractivity contribution in [2.45, 2.75) is 33.1 Å². The summed E-state index contributed by atoms with van der Waals surface area (Å²) < 4.78 is 0. The number of ketones is 1. The summed E-state index contributed by atoms with van der Waals surface area (Å²) in [4.78, 5) is 11.7. The topological polar surface area (TPSA) is 17.1 Å². The van der Waals surface area contributed by atoms with Crippen LogP contribution >= 0.6 is 0 Å². The number of carbonyl (C=O) groups excluding carboxylic acids is 1. The minimum absolute atomic E-state index is 0.342. The van der Waals surface area contributed by atoms with Gasteiger partial charge in [0.2, 0.25) is 0 Å². The van der Waals surface area contributed by atoms with Crippen molar-refractivity contribution in [3.05, 3.63) is 0 Å². The summed E-state index contributed by atoms with van der Waals surface area (Å²) in [5.74, 6) is 3.47. The van der Waals surface area contributed by atoms with Crippen LogP contribution in [-0.2, 0) is 4.79 Å². The zero-order valence-electron chi connectivity index (χ0n) is 7.84. The third-order valence-electron chi connectivity index (χ3n) is 4.84. The van der Waals surface area contributed by atoms with Crippen molar-refractivity contribution in [1.82, 2.24) is 0 Å². The summed E-state index contributed by atoms with van der Waals surface area (Å²) >= 11 is 0. The number of Topliss-reactive ketones (excluding diaryl/α,β-unsaturated/α-hetero) is 1. The monoisotopic (exact) mass is 164 g/mol. The molecule has 4 atom stereocenters. The molecule has 0 N–H and O–H groups in total. The van der Waals surface area contributed by atoms with E-state index in [0.717, 1.165) is 24.2 Å². The molecular formula is C11H16O. The fraction of sp³-hybridized carbons (Fsp3) is 0.909. The first-order valence-corrected chi connectivity index (χ1v) is 5.13. The molecule has 0 aromatic heterocycles. The molecule has 0 spiro atoms. The van der Waals surface area contributed by atoms with Crippen LogP contribution < -0.4 is 0 Å². The number of fused-ring (bicyclic) bond motifs is 1. The lowest BCUT2D eigenvalue weighted by Crippen LogP contribution is -2.32. The van der Waals surface area contributed by atoms with E-state index < -0.39 is 0 Å². The fourth-order valence-corrected chi connectivity index (χ4v) is 4.25. The van der Waals surface area contributed by atoms with Gasteiger partial charge in [0.1, 0.15) is 5.78 Å². The molecular weight excluding hydrogens is 148 g/mol. The van der Waals surface area contributed by atoms with Crippen molar-refractivity contribution in [1.29, 1.82) is 0 Å². The summed E-state index contributed by atoms with van der Waals surface area (Å²) in [5.41, 5.74) is 0.342. The first kappa shape index (κ1) is 7.11. The third kappa shape index (κ3) is 0.571. The van der Waals surface area contributed by atoms with Gasteiger partial charge in [-0.2, -0.15) is 0 Å². The van der Waals surface area contributed by atoms with Gasteiger partial charge in [-0.05, 0) is 36.0 Å². The van der Waals surface area contributed by atoms with E-state index in [1.807, 2.05) is 0 Å². The Morgan fingerprint density at radius 2 is 2.08 bits per heavy atom. The normalized spacial score (nSPS) is 53.7. The first-order chi connectivity index (χ1) is 5.60. The molecule has 0 amide bonds. The molecule has 2 bridgehead atoms. The van der Waals surface area contributed by atoms with Crippen LogP contribution in [0.2, 0.25) is 0 Å². The third-order valence-corrected chi connectivity index (χ3v) is 4.84. The van der Waals surface area contributed by atoms with E-state index in [1.165, 1.54) is 12.8 Å². The molecule has 0 radical (unpaired) electrons. The average Bonchev–Trinajstić information content (AvgIpc) is 2.45. The van der Waals surface area contributed by atoms with E-state index in [-0.39, 0.29) is 0 Å². The molecule has 0 aromatic carbocycles. The number of carbonyl (C=O) groups is 1. The Kier molecular flexibility index (Phi) is 1.06. The molecule has 3 rings (SSSR count). The summed E-state index contributed by atoms with van der Waals surface area (Å²) in [5, 5.41) is 0. The molecule has 66 valence electrons. The second-order valence-electron chi connectivity index (χ2n) is 5.56. The average molecular weight is 164 g/mol. The summed E-state index contributed by atoms with van der Waals surface area (Å²) in [6, 6.07) is 0. The maximum atomic E-state index is 11.7. The number of rotatable bonds is 0. The van der Waals surface area contributed by atoms with Crippen molar-refractivity contribution in [2.24, 2.45) is 29.1 Å². The Hall–Kier alpha value is -0.330. The van der Waals surface area contributed by atoms with Crippen molar-refractivity contribution >= 4 is 5.78 Å². The minimum Gasteiger partial charge on any atom is -0.299 e. The van der Waals surface area contributed by atoms with E-state index in [2.05, 4.69) is 13.8 Å². The maximum Gasteiger partial charge on any atom is 0.137 e. The smallest absolute Gasteiger partial charge is 0.137 e. The Labute approximate surface area is 73.5 Å². The zero-order chi connectivity index (χ0) is 8.51. The van der Waals surface area contributed by atoms with Gasteiger partial charge in [0.25, 0.3) is 0 Å². The van der Waals surface area contributed by atoms with Gasteiger partial charge in [-0.1, -0.05) is 13.8 Å². The van der Waals surface area contributed by atoms with Crippen LogP contribution in [0, 0.1) is 29.1 Å². The molecule has 3 fully saturated rings. The second kappa shape index (κ2) is 1.78. The van der Waals surface area contributed by atoms with E-state index in [1.54, 1.807) is 0 Å². The largest absolute Gasteiger partial charge is 0.299 e. The summed E-state index contributed by atoms with van der Waals surface area (Å²) in [7, 11) is 0. The predicted octanol–water partition coefficient (Wildman–Crippen LogP) is 2.26. The molecule has 0 aliphatic heterocycles. The highest BCUT2D eigenvalue weighted by Crippen LogP contribution is 2.66. The van der Waals surface area contributed by atoms with Gasteiger partial charge in [-0.3, -0.25) is 4.79 Å². The first-order valence-electron chi connectivity index (χ1n) is 5.13. The Bertz CT molecular complexity index is 252. The van der Waals surface area contributed by atoms with Crippen molar-refractivity contribution in [3.8, 4) is 0 Å². The van der Waals surface area contributed by atoms with Gasteiger partial charge in [0.05, 0.1) is 0 Å². The molecule has 3 aliphatic carbocycles. The van der Waals surface area contributed by atoms with Crippen molar-refractivity contribution in [2.75, 3.05) is 0 Å². The molecule has 1 heteroatoms. The lowest BCUT2D eigenvalue weighted by Gasteiger charge is -2.34.